The van der Waals surface area contributed by atoms with Crippen LogP contribution >= 0.6 is 0 Å². The second kappa shape index (κ2) is 10.6. The molecule has 1 rings (SSSR count). The zero-order valence-electron chi connectivity index (χ0n) is 13.5. The van der Waals surface area contributed by atoms with Crippen LogP contribution in [0.4, 0.5) is 0 Å². The van der Waals surface area contributed by atoms with Gasteiger partial charge in [0.1, 0.15) is 38.0 Å². The number of hydroxylamine groups is 4. The van der Waals surface area contributed by atoms with Crippen LogP contribution in [0.15, 0.2) is 0 Å². The number of rotatable bonds is 9. The summed E-state index contributed by atoms with van der Waals surface area (Å²) in [6.07, 6.45) is -9.25. The predicted octanol–water partition coefficient (Wildman–Crippen LogP) is -5.80. The zero-order valence-corrected chi connectivity index (χ0v) is 13.5. The summed E-state index contributed by atoms with van der Waals surface area (Å²) in [5.74, 6) is -1.90. The number of hydrogen-bond acceptors (Lipinski definition) is 12. The number of carbonyl (C=O) groups excluding carboxylic acids is 2. The van der Waals surface area contributed by atoms with E-state index >= 15 is 0 Å². The number of esters is 2. The summed E-state index contributed by atoms with van der Waals surface area (Å²) in [7, 11) is 0. The topological polar surface area (TPSA) is 218 Å². The molecule has 14 nitrogen and oxygen atoms in total. The van der Waals surface area contributed by atoms with Gasteiger partial charge in [-0.3, -0.25) is 9.59 Å². The molecule has 1 saturated heterocycles. The van der Waals surface area contributed by atoms with Crippen molar-refractivity contribution < 1.29 is 60.0 Å². The minimum absolute atomic E-state index is 0.410. The van der Waals surface area contributed by atoms with Gasteiger partial charge in [-0.1, -0.05) is 0 Å². The Morgan fingerprint density at radius 1 is 0.962 bits per heavy atom. The molecule has 26 heavy (non-hydrogen) atoms. The molecule has 1 aliphatic heterocycles. The molecule has 0 aliphatic carbocycles. The van der Waals surface area contributed by atoms with Gasteiger partial charge < -0.3 is 39.9 Å². The summed E-state index contributed by atoms with van der Waals surface area (Å²) >= 11 is 0. The van der Waals surface area contributed by atoms with E-state index in [9.17, 15) is 35.3 Å². The number of carbonyl (C=O) groups is 2. The lowest BCUT2D eigenvalue weighted by molar-refractivity contribution is -1.05. The van der Waals surface area contributed by atoms with Crippen LogP contribution in [0.25, 0.3) is 0 Å². The lowest BCUT2D eigenvalue weighted by Gasteiger charge is -2.39. The highest BCUT2D eigenvalue weighted by Crippen LogP contribution is 2.23. The standard InChI is InChI=1S/C12H22N2O12/c15-7(1-3-13(20)21)24-5-6-9(17)10(18)11(12(19)25-6)26-8(16)2-4-14(22)23/h6,9-14,17-20,22H,1-5H2/t6-,9+,10-,11-,12-/m0/s1. The van der Waals surface area contributed by atoms with Gasteiger partial charge in [-0.25, -0.2) is 20.9 Å². The summed E-state index contributed by atoms with van der Waals surface area (Å²) in [4.78, 5) is 22.8. The van der Waals surface area contributed by atoms with Crippen molar-refractivity contribution >= 4 is 11.9 Å². The first-order chi connectivity index (χ1) is 12.1. The second-order valence-electron chi connectivity index (χ2n) is 5.47. The lowest BCUT2D eigenvalue weighted by atomic mass is 9.99. The van der Waals surface area contributed by atoms with E-state index in [-0.39, 0.29) is 0 Å². The van der Waals surface area contributed by atoms with Gasteiger partial charge >= 0.3 is 11.9 Å². The van der Waals surface area contributed by atoms with Gasteiger partial charge in [-0.15, -0.1) is 0 Å². The van der Waals surface area contributed by atoms with Crippen molar-refractivity contribution in [2.45, 2.75) is 43.5 Å². The van der Waals surface area contributed by atoms with Crippen molar-refractivity contribution in [1.82, 2.24) is 0 Å². The molecular weight excluding hydrogens is 364 g/mol. The van der Waals surface area contributed by atoms with Crippen LogP contribution in [0.3, 0.4) is 0 Å². The fourth-order valence-corrected chi connectivity index (χ4v) is 2.06. The number of nitrogens with one attached hydrogen (secondary N) is 2. The molecule has 2 unspecified atom stereocenters. The third kappa shape index (κ3) is 7.42. The fourth-order valence-electron chi connectivity index (χ4n) is 2.06. The number of hydrogen-bond donors (Lipinski definition) is 7. The molecule has 7 N–H and O–H groups in total. The van der Waals surface area contributed by atoms with Crippen LogP contribution in [0.5, 0.6) is 0 Å². The monoisotopic (exact) mass is 386 g/mol. The Labute approximate surface area is 146 Å². The van der Waals surface area contributed by atoms with Gasteiger partial charge in [0.15, 0.2) is 12.4 Å². The zero-order chi connectivity index (χ0) is 19.9. The highest BCUT2D eigenvalue weighted by atomic mass is 16.8. The van der Waals surface area contributed by atoms with Crippen LogP contribution in [-0.4, -0.2) is 88.1 Å². The number of aliphatic hydroxyl groups excluding tert-OH is 3. The Morgan fingerprint density at radius 3 is 2.04 bits per heavy atom. The van der Waals surface area contributed by atoms with E-state index in [0.717, 1.165) is 0 Å². The molecular formula is C12H22N2O12. The summed E-state index contributed by atoms with van der Waals surface area (Å²) in [6.45, 7) is -1.55. The minimum atomic E-state index is -1.86. The molecule has 7 atom stereocenters. The molecule has 152 valence electrons. The smallest absolute Gasteiger partial charge is 0.312 e. The summed E-state index contributed by atoms with van der Waals surface area (Å²) in [5, 5.41) is 64.9. The van der Waals surface area contributed by atoms with Gasteiger partial charge in [-0.2, -0.15) is 0 Å². The van der Waals surface area contributed by atoms with Gasteiger partial charge in [0.05, 0.1) is 12.8 Å². The maximum Gasteiger partial charge on any atom is 0.312 e. The average Bonchev–Trinajstić information content (AvgIpc) is 2.56. The van der Waals surface area contributed by atoms with Crippen molar-refractivity contribution in [3.05, 3.63) is 10.4 Å². The average molecular weight is 386 g/mol. The van der Waals surface area contributed by atoms with E-state index < -0.39 is 85.6 Å². The Bertz CT molecular complexity index is 459. The quantitative estimate of drug-likeness (QED) is 0.146. The van der Waals surface area contributed by atoms with Crippen LogP contribution in [-0.2, 0) is 23.8 Å². The highest BCUT2D eigenvalue weighted by Gasteiger charge is 2.46. The van der Waals surface area contributed by atoms with Crippen molar-refractivity contribution in [3.63, 3.8) is 0 Å². The predicted molar refractivity (Wildman–Crippen MR) is 74.9 cm³/mol. The normalized spacial score (nSPS) is 31.1. The minimum Gasteiger partial charge on any atom is -0.600 e. The maximum atomic E-state index is 11.5. The van der Waals surface area contributed by atoms with E-state index in [2.05, 4.69) is 0 Å². The molecule has 0 aromatic rings. The van der Waals surface area contributed by atoms with E-state index in [1.54, 1.807) is 0 Å². The van der Waals surface area contributed by atoms with Crippen LogP contribution in [0, 0.1) is 10.4 Å². The van der Waals surface area contributed by atoms with Crippen LogP contribution in [0.2, 0.25) is 0 Å². The molecule has 0 bridgehead atoms. The summed E-state index contributed by atoms with van der Waals surface area (Å²) in [6, 6.07) is 0. The first-order valence-electron chi connectivity index (χ1n) is 7.60. The number of ether oxygens (including phenoxy) is 3. The van der Waals surface area contributed by atoms with Gasteiger partial charge in [0.25, 0.3) is 0 Å². The van der Waals surface area contributed by atoms with Gasteiger partial charge in [-0.05, 0) is 0 Å². The molecule has 0 aromatic carbocycles. The molecule has 0 saturated carbocycles. The van der Waals surface area contributed by atoms with Gasteiger partial charge in [0, 0.05) is 0 Å². The molecule has 0 spiro atoms. The molecule has 0 amide bonds. The van der Waals surface area contributed by atoms with E-state index in [1.807, 2.05) is 0 Å². The fraction of sp³-hybridized carbons (Fsp3) is 0.833. The van der Waals surface area contributed by atoms with Gasteiger partial charge in [0.2, 0.25) is 0 Å². The third-order valence-corrected chi connectivity index (χ3v) is 3.42. The highest BCUT2D eigenvalue weighted by molar-refractivity contribution is 5.70. The van der Waals surface area contributed by atoms with Crippen LogP contribution in [0.1, 0.15) is 12.8 Å². The molecule has 1 heterocycles. The van der Waals surface area contributed by atoms with Crippen molar-refractivity contribution in [2.75, 3.05) is 19.7 Å². The largest absolute Gasteiger partial charge is 0.600 e. The molecule has 0 aromatic heterocycles. The molecule has 14 heteroatoms. The maximum absolute atomic E-state index is 11.5. The third-order valence-electron chi connectivity index (χ3n) is 3.42. The molecule has 1 fully saturated rings. The molecule has 0 radical (unpaired) electrons. The second-order valence-corrected chi connectivity index (χ2v) is 5.47. The Morgan fingerprint density at radius 2 is 1.50 bits per heavy atom. The SMILES string of the molecule is O=C(CC[NH+]([O-])O)OC[C@@H]1O[C@H](O)[C@@H](OC(=O)CC[NH+]([O-])O)[C@@H](O)[C@@H]1O. The Balaban J connectivity index is 2.49. The summed E-state index contributed by atoms with van der Waals surface area (Å²) in [5.41, 5.74) is 0. The first kappa shape index (κ1) is 22.6. The Kier molecular flexibility index (Phi) is 9.23. The number of aliphatic hydroxyl groups is 3. The summed E-state index contributed by atoms with van der Waals surface area (Å²) < 4.78 is 14.4. The van der Waals surface area contributed by atoms with E-state index in [1.165, 1.54) is 0 Å². The van der Waals surface area contributed by atoms with E-state index in [4.69, 9.17) is 24.6 Å². The lowest BCUT2D eigenvalue weighted by Crippen LogP contribution is -3.04. The number of quaternary nitrogens is 2. The van der Waals surface area contributed by atoms with Crippen molar-refractivity contribution in [3.8, 4) is 0 Å². The van der Waals surface area contributed by atoms with Crippen molar-refractivity contribution in [2.24, 2.45) is 0 Å². The van der Waals surface area contributed by atoms with E-state index in [0.29, 0.717) is 0 Å². The van der Waals surface area contributed by atoms with Crippen molar-refractivity contribution in [1.29, 1.82) is 0 Å². The molecule has 1 aliphatic rings. The van der Waals surface area contributed by atoms with Crippen LogP contribution < -0.4 is 10.5 Å². The Hall–Kier alpha value is -1.46. The first-order valence-corrected chi connectivity index (χ1v) is 7.60.